The van der Waals surface area contributed by atoms with Gasteiger partial charge in [0.2, 0.25) is 0 Å². The van der Waals surface area contributed by atoms with Crippen molar-refractivity contribution in [2.24, 2.45) is 0 Å². The van der Waals surface area contributed by atoms with E-state index in [-0.39, 0.29) is 17.0 Å². The van der Waals surface area contributed by atoms with E-state index in [9.17, 15) is 14.0 Å². The number of carbonyl (C=O) groups is 2. The second kappa shape index (κ2) is 7.59. The Balaban J connectivity index is 1.81. The monoisotopic (exact) mass is 388 g/mol. The average Bonchev–Trinajstić information content (AvgIpc) is 2.98. The van der Waals surface area contributed by atoms with Gasteiger partial charge in [-0.1, -0.05) is 42.5 Å². The first-order chi connectivity index (χ1) is 14.1. The summed E-state index contributed by atoms with van der Waals surface area (Å²) in [5, 5.41) is 3.05. The number of carbonyl (C=O) groups excluding carboxylic acids is 2. The lowest BCUT2D eigenvalue weighted by Crippen LogP contribution is -2.32. The van der Waals surface area contributed by atoms with Crippen LogP contribution in [0.3, 0.4) is 0 Å². The van der Waals surface area contributed by atoms with Crippen molar-refractivity contribution in [2.75, 3.05) is 17.3 Å². The van der Waals surface area contributed by atoms with Crippen molar-refractivity contribution in [3.05, 3.63) is 95.9 Å². The molecule has 2 amide bonds. The Morgan fingerprint density at radius 3 is 2.34 bits per heavy atom. The van der Waals surface area contributed by atoms with Crippen molar-refractivity contribution in [1.29, 1.82) is 0 Å². The molecule has 0 saturated carbocycles. The van der Waals surface area contributed by atoms with Gasteiger partial charge >= 0.3 is 0 Å². The molecule has 0 atom stereocenters. The summed E-state index contributed by atoms with van der Waals surface area (Å²) in [4.78, 5) is 27.4. The van der Waals surface area contributed by atoms with E-state index in [0.717, 1.165) is 11.0 Å². The summed E-state index contributed by atoms with van der Waals surface area (Å²) in [6.07, 6.45) is 0. The van der Waals surface area contributed by atoms with E-state index in [4.69, 9.17) is 4.74 Å². The Labute approximate surface area is 167 Å². The molecule has 3 aromatic rings. The van der Waals surface area contributed by atoms with Crippen molar-refractivity contribution in [1.82, 2.24) is 0 Å². The van der Waals surface area contributed by atoms with Gasteiger partial charge in [-0.15, -0.1) is 0 Å². The zero-order chi connectivity index (χ0) is 20.4. The van der Waals surface area contributed by atoms with Crippen molar-refractivity contribution in [2.45, 2.75) is 0 Å². The molecule has 0 aromatic heterocycles. The van der Waals surface area contributed by atoms with Gasteiger partial charge < -0.3 is 10.1 Å². The fourth-order valence-corrected chi connectivity index (χ4v) is 3.21. The Morgan fingerprint density at radius 2 is 1.62 bits per heavy atom. The van der Waals surface area contributed by atoms with Crippen molar-refractivity contribution in [3.63, 3.8) is 0 Å². The first-order valence-corrected chi connectivity index (χ1v) is 8.93. The summed E-state index contributed by atoms with van der Waals surface area (Å²) in [6.45, 7) is 0. The Morgan fingerprint density at radius 1 is 0.862 bits per heavy atom. The number of rotatable bonds is 5. The Bertz CT molecular complexity index is 1130. The van der Waals surface area contributed by atoms with Gasteiger partial charge in [0.1, 0.15) is 17.3 Å². The second-order valence-electron chi connectivity index (χ2n) is 6.40. The minimum atomic E-state index is -0.553. The van der Waals surface area contributed by atoms with Crippen LogP contribution in [0.15, 0.2) is 84.6 Å². The van der Waals surface area contributed by atoms with E-state index >= 15 is 0 Å². The maximum atomic E-state index is 13.7. The SMILES string of the molecule is COc1cccc(NC2=C(c3ccccc3)C(=O)N(c3cccc(F)c3)C2=O)c1. The lowest BCUT2D eigenvalue weighted by Gasteiger charge is -2.15. The molecule has 0 radical (unpaired) electrons. The molecule has 5 nitrogen and oxygen atoms in total. The van der Waals surface area contributed by atoms with Gasteiger partial charge in [-0.25, -0.2) is 9.29 Å². The van der Waals surface area contributed by atoms with Crippen LogP contribution in [0.25, 0.3) is 5.57 Å². The predicted molar refractivity (Wildman–Crippen MR) is 109 cm³/mol. The van der Waals surface area contributed by atoms with Gasteiger partial charge in [0.05, 0.1) is 18.4 Å². The molecule has 6 heteroatoms. The average molecular weight is 388 g/mol. The van der Waals surface area contributed by atoms with E-state index < -0.39 is 17.6 Å². The highest BCUT2D eigenvalue weighted by molar-refractivity contribution is 6.46. The third-order valence-electron chi connectivity index (χ3n) is 4.55. The standard InChI is InChI=1S/C23H17FN2O3/c1-29-19-12-6-10-17(14-19)25-21-20(15-7-3-2-4-8-15)22(27)26(23(21)28)18-11-5-9-16(24)13-18/h2-14,25H,1H3. The molecule has 0 spiro atoms. The minimum Gasteiger partial charge on any atom is -0.497 e. The van der Waals surface area contributed by atoms with Crippen LogP contribution >= 0.6 is 0 Å². The smallest absolute Gasteiger partial charge is 0.282 e. The number of benzene rings is 3. The number of methoxy groups -OCH3 is 1. The maximum Gasteiger partial charge on any atom is 0.282 e. The molecule has 0 aliphatic carbocycles. The molecule has 4 rings (SSSR count). The lowest BCUT2D eigenvalue weighted by atomic mass is 10.0. The Kier molecular flexibility index (Phi) is 4.83. The van der Waals surface area contributed by atoms with Crippen LogP contribution in [-0.4, -0.2) is 18.9 Å². The highest BCUT2D eigenvalue weighted by Gasteiger charge is 2.40. The highest BCUT2D eigenvalue weighted by atomic mass is 19.1. The van der Waals surface area contributed by atoms with Gasteiger partial charge in [0.25, 0.3) is 11.8 Å². The van der Waals surface area contributed by atoms with Crippen molar-refractivity contribution in [3.8, 4) is 5.75 Å². The number of halogens is 1. The molecular formula is C23H17FN2O3. The molecule has 144 valence electrons. The van der Waals surface area contributed by atoms with E-state index in [2.05, 4.69) is 5.32 Å². The zero-order valence-electron chi connectivity index (χ0n) is 15.6. The van der Waals surface area contributed by atoms with Gasteiger partial charge in [0, 0.05) is 11.8 Å². The second-order valence-corrected chi connectivity index (χ2v) is 6.40. The largest absolute Gasteiger partial charge is 0.497 e. The van der Waals surface area contributed by atoms with E-state index in [1.807, 2.05) is 6.07 Å². The molecule has 29 heavy (non-hydrogen) atoms. The van der Waals surface area contributed by atoms with Crippen LogP contribution in [0.5, 0.6) is 5.75 Å². The molecular weight excluding hydrogens is 371 g/mol. The molecule has 1 aliphatic rings. The van der Waals surface area contributed by atoms with Gasteiger partial charge in [-0.05, 0) is 35.9 Å². The van der Waals surface area contributed by atoms with Crippen LogP contribution < -0.4 is 15.0 Å². The van der Waals surface area contributed by atoms with Gasteiger partial charge in [0.15, 0.2) is 0 Å². The summed E-state index contributed by atoms with van der Waals surface area (Å²) in [7, 11) is 1.55. The summed E-state index contributed by atoms with van der Waals surface area (Å²) >= 11 is 0. The molecule has 1 N–H and O–H groups in total. The quantitative estimate of drug-likeness (QED) is 0.665. The van der Waals surface area contributed by atoms with Gasteiger partial charge in [-0.3, -0.25) is 9.59 Å². The molecule has 1 heterocycles. The van der Waals surface area contributed by atoms with Crippen molar-refractivity contribution >= 4 is 28.8 Å². The fraction of sp³-hybridized carbons (Fsp3) is 0.0435. The zero-order valence-corrected chi connectivity index (χ0v) is 15.6. The predicted octanol–water partition coefficient (Wildman–Crippen LogP) is 4.23. The molecule has 0 unspecified atom stereocenters. The van der Waals surface area contributed by atoms with E-state index in [1.54, 1.807) is 55.6 Å². The van der Waals surface area contributed by atoms with E-state index in [1.165, 1.54) is 18.2 Å². The summed E-state index contributed by atoms with van der Waals surface area (Å²) in [5.74, 6) is -0.992. The van der Waals surface area contributed by atoms with Crippen LogP contribution in [-0.2, 0) is 9.59 Å². The van der Waals surface area contributed by atoms with Crippen LogP contribution in [0.1, 0.15) is 5.56 Å². The molecule has 0 fully saturated rings. The number of amides is 2. The topological polar surface area (TPSA) is 58.6 Å². The number of ether oxygens (including phenoxy) is 1. The van der Waals surface area contributed by atoms with Crippen LogP contribution in [0.4, 0.5) is 15.8 Å². The first kappa shape index (κ1) is 18.4. The molecule has 1 aliphatic heterocycles. The minimum absolute atomic E-state index is 0.124. The highest BCUT2D eigenvalue weighted by Crippen LogP contribution is 2.34. The lowest BCUT2D eigenvalue weighted by molar-refractivity contribution is -0.120. The van der Waals surface area contributed by atoms with Crippen LogP contribution in [0.2, 0.25) is 0 Å². The number of anilines is 2. The summed E-state index contributed by atoms with van der Waals surface area (Å²) < 4.78 is 19.0. The maximum absolute atomic E-state index is 13.7. The van der Waals surface area contributed by atoms with E-state index in [0.29, 0.717) is 17.0 Å². The third kappa shape index (κ3) is 3.48. The molecule has 0 bridgehead atoms. The number of imide groups is 1. The first-order valence-electron chi connectivity index (χ1n) is 8.93. The van der Waals surface area contributed by atoms with Crippen LogP contribution in [0, 0.1) is 5.82 Å². The molecule has 0 saturated heterocycles. The number of hydrogen-bond donors (Lipinski definition) is 1. The summed E-state index contributed by atoms with van der Waals surface area (Å²) in [6, 6.07) is 21.3. The Hall–Kier alpha value is -3.93. The fourth-order valence-electron chi connectivity index (χ4n) is 3.21. The normalized spacial score (nSPS) is 13.8. The molecule has 3 aromatic carbocycles. The number of hydrogen-bond acceptors (Lipinski definition) is 4. The number of nitrogens with one attached hydrogen (secondary N) is 1. The third-order valence-corrected chi connectivity index (χ3v) is 4.55. The summed E-state index contributed by atoms with van der Waals surface area (Å²) in [5.41, 5.74) is 1.71. The van der Waals surface area contributed by atoms with Crippen molar-refractivity contribution < 1.29 is 18.7 Å². The van der Waals surface area contributed by atoms with Gasteiger partial charge in [-0.2, -0.15) is 0 Å². The number of nitrogens with zero attached hydrogens (tertiary/aromatic N) is 1.